The summed E-state index contributed by atoms with van der Waals surface area (Å²) in [7, 11) is 1.70. The molecule has 1 N–H and O–H groups in total. The van der Waals surface area contributed by atoms with E-state index in [4.69, 9.17) is 0 Å². The fourth-order valence-electron chi connectivity index (χ4n) is 3.01. The minimum atomic E-state index is -1.56. The Bertz CT molecular complexity index is 794. The van der Waals surface area contributed by atoms with Crippen LogP contribution in [0.5, 0.6) is 0 Å². The maximum atomic E-state index is 12.8. The number of benzene rings is 1. The van der Waals surface area contributed by atoms with E-state index in [1.807, 2.05) is 6.07 Å². The van der Waals surface area contributed by atoms with Gasteiger partial charge in [-0.15, -0.1) is 0 Å². The molecule has 0 spiro atoms. The van der Waals surface area contributed by atoms with Gasteiger partial charge in [-0.05, 0) is 30.0 Å². The number of pyridine rings is 1. The van der Waals surface area contributed by atoms with Crippen LogP contribution in [-0.4, -0.2) is 27.0 Å². The molecule has 0 saturated carbocycles. The third-order valence-electron chi connectivity index (χ3n) is 4.46. The smallest absolute Gasteiger partial charge is 0.259 e. The van der Waals surface area contributed by atoms with Crippen LogP contribution in [0.3, 0.4) is 0 Å². The van der Waals surface area contributed by atoms with Crippen molar-refractivity contribution in [1.82, 2.24) is 9.47 Å². The maximum Gasteiger partial charge on any atom is 0.259 e. The highest BCUT2D eigenvalue weighted by Crippen LogP contribution is 2.26. The van der Waals surface area contributed by atoms with E-state index >= 15 is 0 Å². The zero-order chi connectivity index (χ0) is 16.6. The van der Waals surface area contributed by atoms with Crippen LogP contribution in [0.25, 0.3) is 0 Å². The first kappa shape index (κ1) is 15.5. The van der Waals surface area contributed by atoms with Crippen molar-refractivity contribution in [2.24, 2.45) is 7.05 Å². The third kappa shape index (κ3) is 2.80. The number of carbonyl (C=O) groups is 1. The topological polar surface area (TPSA) is 62.5 Å². The first-order chi connectivity index (χ1) is 10.9. The molecule has 1 unspecified atom stereocenters. The number of aliphatic hydroxyl groups is 1. The summed E-state index contributed by atoms with van der Waals surface area (Å²) in [6.45, 7) is 2.44. The van der Waals surface area contributed by atoms with E-state index < -0.39 is 5.60 Å². The second-order valence-electron chi connectivity index (χ2n) is 6.19. The summed E-state index contributed by atoms with van der Waals surface area (Å²) in [6, 6.07) is 10.6. The van der Waals surface area contributed by atoms with Crippen LogP contribution in [0.15, 0.2) is 47.4 Å². The first-order valence-electron chi connectivity index (χ1n) is 7.65. The van der Waals surface area contributed by atoms with Gasteiger partial charge in [0.1, 0.15) is 0 Å². The average Bonchev–Trinajstić information content (AvgIpc) is 2.55. The highest BCUT2D eigenvalue weighted by molar-refractivity contribution is 5.86. The lowest BCUT2D eigenvalue weighted by molar-refractivity contribution is -0.151. The molecule has 0 fully saturated rings. The number of aromatic nitrogens is 1. The van der Waals surface area contributed by atoms with Crippen LogP contribution >= 0.6 is 0 Å². The fraction of sp³-hybridized carbons (Fsp3) is 0.333. The van der Waals surface area contributed by atoms with Crippen molar-refractivity contribution < 1.29 is 9.90 Å². The average molecular weight is 312 g/mol. The largest absolute Gasteiger partial charge is 0.376 e. The molecule has 1 aromatic heterocycles. The molecule has 23 heavy (non-hydrogen) atoms. The molecule has 1 aliphatic heterocycles. The predicted octanol–water partition coefficient (Wildman–Crippen LogP) is 1.18. The van der Waals surface area contributed by atoms with Crippen molar-refractivity contribution in [2.45, 2.75) is 25.5 Å². The van der Waals surface area contributed by atoms with Crippen molar-refractivity contribution in [3.05, 3.63) is 69.6 Å². The van der Waals surface area contributed by atoms with Crippen LogP contribution in [0.4, 0.5) is 0 Å². The Morgan fingerprint density at radius 2 is 1.91 bits per heavy atom. The highest BCUT2D eigenvalue weighted by Gasteiger charge is 2.37. The molecule has 3 rings (SSSR count). The van der Waals surface area contributed by atoms with Gasteiger partial charge in [-0.25, -0.2) is 0 Å². The summed E-state index contributed by atoms with van der Waals surface area (Å²) in [4.78, 5) is 26.1. The molecule has 1 atom stereocenters. The van der Waals surface area contributed by atoms with E-state index in [-0.39, 0.29) is 11.5 Å². The van der Waals surface area contributed by atoms with Crippen molar-refractivity contribution in [3.63, 3.8) is 0 Å². The molecular weight excluding hydrogens is 292 g/mol. The summed E-state index contributed by atoms with van der Waals surface area (Å²) in [5.41, 5.74) is 0.919. The lowest BCUT2D eigenvalue weighted by atomic mass is 9.92. The van der Waals surface area contributed by atoms with Crippen molar-refractivity contribution in [1.29, 1.82) is 0 Å². The van der Waals surface area contributed by atoms with E-state index in [2.05, 4.69) is 0 Å². The SMILES string of the molecule is Cn1cc2c(cc1=O)CCN(C(=O)C(C)(O)c1ccccc1)C2. The molecule has 0 aliphatic carbocycles. The van der Waals surface area contributed by atoms with Gasteiger partial charge in [0, 0.05) is 32.4 Å². The number of hydrogen-bond donors (Lipinski definition) is 1. The summed E-state index contributed by atoms with van der Waals surface area (Å²) in [6.07, 6.45) is 2.40. The van der Waals surface area contributed by atoms with Crippen LogP contribution in [0, 0.1) is 0 Å². The van der Waals surface area contributed by atoms with Gasteiger partial charge in [0.25, 0.3) is 11.5 Å². The Kier molecular flexibility index (Phi) is 3.82. The number of rotatable bonds is 2. The van der Waals surface area contributed by atoms with Gasteiger partial charge in [-0.3, -0.25) is 9.59 Å². The summed E-state index contributed by atoms with van der Waals surface area (Å²) < 4.78 is 1.52. The second-order valence-corrected chi connectivity index (χ2v) is 6.19. The van der Waals surface area contributed by atoms with Crippen LogP contribution < -0.4 is 5.56 Å². The Morgan fingerprint density at radius 3 is 2.61 bits per heavy atom. The van der Waals surface area contributed by atoms with Crippen LogP contribution in [-0.2, 0) is 30.4 Å². The summed E-state index contributed by atoms with van der Waals surface area (Å²) in [5, 5.41) is 10.7. The number of amides is 1. The van der Waals surface area contributed by atoms with Crippen molar-refractivity contribution in [2.75, 3.05) is 6.54 Å². The van der Waals surface area contributed by atoms with Gasteiger partial charge in [-0.1, -0.05) is 30.3 Å². The Labute approximate surface area is 134 Å². The minimum Gasteiger partial charge on any atom is -0.376 e. The molecule has 5 heteroatoms. The number of nitrogens with zero attached hydrogens (tertiary/aromatic N) is 2. The molecule has 0 radical (unpaired) electrons. The predicted molar refractivity (Wildman–Crippen MR) is 86.8 cm³/mol. The molecule has 0 bridgehead atoms. The Hall–Kier alpha value is -2.40. The molecule has 1 aromatic carbocycles. The fourth-order valence-corrected chi connectivity index (χ4v) is 3.01. The number of hydrogen-bond acceptors (Lipinski definition) is 3. The summed E-state index contributed by atoms with van der Waals surface area (Å²) >= 11 is 0. The molecule has 1 aliphatic rings. The molecule has 0 saturated heterocycles. The molecule has 1 amide bonds. The second kappa shape index (κ2) is 5.66. The van der Waals surface area contributed by atoms with Gasteiger partial charge >= 0.3 is 0 Å². The van der Waals surface area contributed by atoms with E-state index in [1.54, 1.807) is 48.5 Å². The molecule has 2 aromatic rings. The third-order valence-corrected chi connectivity index (χ3v) is 4.46. The highest BCUT2D eigenvalue weighted by atomic mass is 16.3. The first-order valence-corrected chi connectivity index (χ1v) is 7.65. The van der Waals surface area contributed by atoms with Gasteiger partial charge in [0.15, 0.2) is 5.60 Å². The van der Waals surface area contributed by atoms with E-state index in [9.17, 15) is 14.7 Å². The van der Waals surface area contributed by atoms with Crippen molar-refractivity contribution >= 4 is 5.91 Å². The summed E-state index contributed by atoms with van der Waals surface area (Å²) in [5.74, 6) is -0.316. The van der Waals surface area contributed by atoms with Gasteiger partial charge in [0.2, 0.25) is 0 Å². The lowest BCUT2D eigenvalue weighted by Gasteiger charge is -2.34. The zero-order valence-corrected chi connectivity index (χ0v) is 13.3. The van der Waals surface area contributed by atoms with Crippen LogP contribution in [0.2, 0.25) is 0 Å². The van der Waals surface area contributed by atoms with Crippen molar-refractivity contribution in [3.8, 4) is 0 Å². The molecular formula is C18H20N2O3. The lowest BCUT2D eigenvalue weighted by Crippen LogP contribution is -2.47. The number of fused-ring (bicyclic) bond motifs is 1. The van der Waals surface area contributed by atoms with E-state index in [0.717, 1.165) is 11.1 Å². The zero-order valence-electron chi connectivity index (χ0n) is 13.3. The van der Waals surface area contributed by atoms with Gasteiger partial charge < -0.3 is 14.6 Å². The number of carbonyl (C=O) groups excluding carboxylic acids is 1. The van der Waals surface area contributed by atoms with Gasteiger partial charge in [-0.2, -0.15) is 0 Å². The van der Waals surface area contributed by atoms with E-state index in [1.165, 1.54) is 11.5 Å². The molecule has 5 nitrogen and oxygen atoms in total. The maximum absolute atomic E-state index is 12.8. The Balaban J connectivity index is 1.87. The number of aryl methyl sites for hydroxylation is 1. The standard InChI is InChI=1S/C18H20N2O3/c1-18(23,15-6-4-3-5-7-15)17(22)20-9-8-13-10-16(21)19(2)11-14(13)12-20/h3-7,10-11,23H,8-9,12H2,1-2H3. The Morgan fingerprint density at radius 1 is 1.22 bits per heavy atom. The molecule has 2 heterocycles. The monoisotopic (exact) mass is 312 g/mol. The van der Waals surface area contributed by atoms with E-state index in [0.29, 0.717) is 25.1 Å². The van der Waals surface area contributed by atoms with Crippen LogP contribution in [0.1, 0.15) is 23.6 Å². The minimum absolute atomic E-state index is 0.0418. The molecule has 120 valence electrons. The normalized spacial score (nSPS) is 16.6. The quantitative estimate of drug-likeness (QED) is 0.906. The van der Waals surface area contributed by atoms with Gasteiger partial charge in [0.05, 0.1) is 0 Å².